The molecule has 0 radical (unpaired) electrons. The number of carbonyl (C=O) groups excluding carboxylic acids is 1. The van der Waals surface area contributed by atoms with Crippen LogP contribution in [0, 0.1) is 18.7 Å². The van der Waals surface area contributed by atoms with Gasteiger partial charge in [-0.1, -0.05) is 12.1 Å². The maximum absolute atomic E-state index is 13.1. The molecule has 33 heavy (non-hydrogen) atoms. The Labute approximate surface area is 194 Å². The van der Waals surface area contributed by atoms with Crippen LogP contribution in [0.25, 0.3) is 0 Å². The fourth-order valence-corrected chi connectivity index (χ4v) is 6.04. The summed E-state index contributed by atoms with van der Waals surface area (Å²) in [5.41, 5.74) is 1.08. The van der Waals surface area contributed by atoms with Gasteiger partial charge in [-0.15, -0.1) is 0 Å². The number of halogens is 1. The van der Waals surface area contributed by atoms with Gasteiger partial charge in [-0.2, -0.15) is 4.31 Å². The number of likely N-dealkylation sites (tertiary alicyclic amines) is 1. The molecule has 0 aliphatic carbocycles. The number of nitrogens with zero attached hydrogens (tertiary/aromatic N) is 4. The van der Waals surface area contributed by atoms with Crippen molar-refractivity contribution in [2.45, 2.75) is 50.2 Å². The summed E-state index contributed by atoms with van der Waals surface area (Å²) in [6, 6.07) is 6.72. The van der Waals surface area contributed by atoms with Crippen molar-refractivity contribution < 1.29 is 17.6 Å². The molecule has 3 heterocycles. The normalized spacial score (nSPS) is 19.6. The zero-order valence-electron chi connectivity index (χ0n) is 19.2. The molecule has 8 nitrogen and oxygen atoms in total. The molecule has 1 aromatic carbocycles. The number of sulfonamides is 1. The molecule has 2 saturated heterocycles. The Hall–Kier alpha value is -2.30. The van der Waals surface area contributed by atoms with Crippen molar-refractivity contribution >= 4 is 15.9 Å². The lowest BCUT2D eigenvalue weighted by atomic mass is 9.95. The van der Waals surface area contributed by atoms with Crippen LogP contribution in [0.3, 0.4) is 0 Å². The van der Waals surface area contributed by atoms with Crippen LogP contribution in [0.5, 0.6) is 0 Å². The molecular weight excluding hydrogens is 445 g/mol. The Morgan fingerprint density at radius 2 is 1.73 bits per heavy atom. The van der Waals surface area contributed by atoms with Crippen LogP contribution in [0.1, 0.15) is 37.1 Å². The lowest BCUT2D eigenvalue weighted by Gasteiger charge is -2.34. The zero-order valence-corrected chi connectivity index (χ0v) is 20.0. The summed E-state index contributed by atoms with van der Waals surface area (Å²) < 4.78 is 41.9. The third kappa shape index (κ3) is 5.62. The highest BCUT2D eigenvalue weighted by Gasteiger charge is 2.34. The van der Waals surface area contributed by atoms with Crippen molar-refractivity contribution in [2.24, 2.45) is 13.0 Å². The summed E-state index contributed by atoms with van der Waals surface area (Å²) in [7, 11) is -1.86. The quantitative estimate of drug-likeness (QED) is 0.688. The topological polar surface area (TPSA) is 87.5 Å². The number of aromatic nitrogens is 2. The maximum atomic E-state index is 13.1. The molecule has 10 heteroatoms. The van der Waals surface area contributed by atoms with E-state index in [-0.39, 0.29) is 28.7 Å². The summed E-state index contributed by atoms with van der Waals surface area (Å²) in [4.78, 5) is 19.3. The van der Waals surface area contributed by atoms with Gasteiger partial charge in [0.05, 0.1) is 0 Å². The fourth-order valence-electron chi connectivity index (χ4n) is 4.54. The van der Waals surface area contributed by atoms with Crippen LogP contribution in [0.15, 0.2) is 35.5 Å². The number of piperidine rings is 2. The second-order valence-corrected chi connectivity index (χ2v) is 11.0. The predicted molar refractivity (Wildman–Crippen MR) is 122 cm³/mol. The van der Waals surface area contributed by atoms with E-state index in [1.807, 2.05) is 12.1 Å². The number of hydrogen-bond donors (Lipinski definition) is 1. The van der Waals surface area contributed by atoms with E-state index in [2.05, 4.69) is 15.2 Å². The van der Waals surface area contributed by atoms with Crippen LogP contribution >= 0.6 is 0 Å². The Balaban J connectivity index is 1.22. The molecule has 2 aromatic rings. The molecule has 0 unspecified atom stereocenters. The number of nitrogens with one attached hydrogen (secondary N) is 1. The van der Waals surface area contributed by atoms with E-state index in [1.165, 1.54) is 22.6 Å². The van der Waals surface area contributed by atoms with E-state index in [0.29, 0.717) is 31.8 Å². The van der Waals surface area contributed by atoms with Gasteiger partial charge in [0.15, 0.2) is 5.03 Å². The number of hydrogen-bond acceptors (Lipinski definition) is 5. The van der Waals surface area contributed by atoms with Gasteiger partial charge in [-0.05, 0) is 50.3 Å². The van der Waals surface area contributed by atoms with E-state index in [1.54, 1.807) is 18.5 Å². The molecule has 2 aliphatic heterocycles. The van der Waals surface area contributed by atoms with Gasteiger partial charge in [-0.25, -0.2) is 17.8 Å². The highest BCUT2D eigenvalue weighted by atomic mass is 32.2. The summed E-state index contributed by atoms with van der Waals surface area (Å²) in [5.74, 6) is 0.277. The first-order chi connectivity index (χ1) is 15.7. The van der Waals surface area contributed by atoms with Gasteiger partial charge in [0.2, 0.25) is 5.91 Å². The highest BCUT2D eigenvalue weighted by Crippen LogP contribution is 2.24. The zero-order chi connectivity index (χ0) is 23.6. The summed E-state index contributed by atoms with van der Waals surface area (Å²) >= 11 is 0. The molecule has 1 N–H and O–H groups in total. The highest BCUT2D eigenvalue weighted by molar-refractivity contribution is 7.89. The molecule has 1 amide bonds. The molecule has 1 aromatic heterocycles. The third-order valence-corrected chi connectivity index (χ3v) is 8.54. The second kappa shape index (κ2) is 9.90. The van der Waals surface area contributed by atoms with Gasteiger partial charge >= 0.3 is 0 Å². The van der Waals surface area contributed by atoms with E-state index < -0.39 is 10.0 Å². The van der Waals surface area contributed by atoms with E-state index in [4.69, 9.17) is 0 Å². The summed E-state index contributed by atoms with van der Waals surface area (Å²) in [5, 5.41) is 3.25. The lowest BCUT2D eigenvalue weighted by molar-refractivity contribution is -0.127. The predicted octanol–water partition coefficient (Wildman–Crippen LogP) is 2.05. The third-order valence-electron chi connectivity index (χ3n) is 6.77. The van der Waals surface area contributed by atoms with E-state index in [0.717, 1.165) is 38.0 Å². The van der Waals surface area contributed by atoms with Crippen molar-refractivity contribution in [1.29, 1.82) is 0 Å². The van der Waals surface area contributed by atoms with Crippen LogP contribution < -0.4 is 5.32 Å². The van der Waals surface area contributed by atoms with Crippen LogP contribution in [0.4, 0.5) is 4.39 Å². The first kappa shape index (κ1) is 23.8. The largest absolute Gasteiger partial charge is 0.353 e. The SMILES string of the molecule is Cc1nc(S(=O)(=O)N2CCC(C(=O)NC3CCN(Cc4ccc(F)cc4)CC3)CC2)cn1C. The minimum atomic E-state index is -3.63. The molecule has 4 rings (SSSR count). The standard InChI is InChI=1S/C23H32FN5O3S/c1-17-25-22(16-27(17)2)33(31,32)29-13-7-19(8-14-29)23(30)26-21-9-11-28(12-10-21)15-18-3-5-20(24)6-4-18/h3-6,16,19,21H,7-15H2,1-2H3,(H,26,30). The second-order valence-electron chi connectivity index (χ2n) is 9.10. The van der Waals surface area contributed by atoms with Gasteiger partial charge < -0.3 is 9.88 Å². The van der Waals surface area contributed by atoms with Gasteiger partial charge in [-0.3, -0.25) is 9.69 Å². The van der Waals surface area contributed by atoms with Crippen molar-refractivity contribution in [3.63, 3.8) is 0 Å². The van der Waals surface area contributed by atoms with Crippen molar-refractivity contribution in [3.8, 4) is 0 Å². The van der Waals surface area contributed by atoms with Crippen molar-refractivity contribution in [2.75, 3.05) is 26.2 Å². The van der Waals surface area contributed by atoms with E-state index >= 15 is 0 Å². The summed E-state index contributed by atoms with van der Waals surface area (Å²) in [6.45, 7) is 4.95. The molecule has 0 spiro atoms. The van der Waals surface area contributed by atoms with Crippen molar-refractivity contribution in [3.05, 3.63) is 47.7 Å². The summed E-state index contributed by atoms with van der Waals surface area (Å²) in [6.07, 6.45) is 4.31. The molecule has 0 bridgehead atoms. The molecule has 0 saturated carbocycles. The Morgan fingerprint density at radius 1 is 1.09 bits per heavy atom. The minimum absolute atomic E-state index is 0.0257. The van der Waals surface area contributed by atoms with E-state index in [9.17, 15) is 17.6 Å². The minimum Gasteiger partial charge on any atom is -0.353 e. The Kier molecular flexibility index (Phi) is 7.16. The molecule has 0 atom stereocenters. The number of aryl methyl sites for hydroxylation is 2. The first-order valence-corrected chi connectivity index (χ1v) is 12.9. The monoisotopic (exact) mass is 477 g/mol. The maximum Gasteiger partial charge on any atom is 0.262 e. The first-order valence-electron chi connectivity index (χ1n) is 11.5. The number of amides is 1. The average molecular weight is 478 g/mol. The fraction of sp³-hybridized carbons (Fsp3) is 0.565. The van der Waals surface area contributed by atoms with Gasteiger partial charge in [0.25, 0.3) is 10.0 Å². The molecule has 2 aliphatic rings. The molecule has 180 valence electrons. The molecular formula is C23H32FN5O3S. The number of carbonyl (C=O) groups is 1. The average Bonchev–Trinajstić information content (AvgIpc) is 3.16. The number of imidazole rings is 1. The number of benzene rings is 1. The van der Waals surface area contributed by atoms with Crippen molar-refractivity contribution in [1.82, 2.24) is 24.1 Å². The van der Waals surface area contributed by atoms with Gasteiger partial charge in [0.1, 0.15) is 11.6 Å². The van der Waals surface area contributed by atoms with Crippen LogP contribution in [0.2, 0.25) is 0 Å². The Bertz CT molecular complexity index is 1050. The van der Waals surface area contributed by atoms with Crippen LogP contribution in [-0.2, 0) is 28.4 Å². The van der Waals surface area contributed by atoms with Gasteiger partial charge in [0, 0.05) is 57.9 Å². The molecule has 2 fully saturated rings. The number of rotatable bonds is 6. The lowest BCUT2D eigenvalue weighted by Crippen LogP contribution is -2.48. The van der Waals surface area contributed by atoms with Crippen LogP contribution in [-0.4, -0.2) is 65.3 Å². The smallest absolute Gasteiger partial charge is 0.262 e. The Morgan fingerprint density at radius 3 is 2.30 bits per heavy atom.